The van der Waals surface area contributed by atoms with Crippen molar-refractivity contribution in [3.63, 3.8) is 0 Å². The molecule has 0 spiro atoms. The summed E-state index contributed by atoms with van der Waals surface area (Å²) >= 11 is 7.67. The third kappa shape index (κ3) is 3.10. The van der Waals surface area contributed by atoms with E-state index < -0.39 is 17.7 Å². The highest BCUT2D eigenvalue weighted by Crippen LogP contribution is 2.26. The van der Waals surface area contributed by atoms with Crippen molar-refractivity contribution in [2.45, 2.75) is 13.0 Å². The Morgan fingerprint density at radius 3 is 2.67 bits per heavy atom. The first kappa shape index (κ1) is 12.3. The van der Waals surface area contributed by atoms with Crippen LogP contribution in [-0.2, 0) is 0 Å². The van der Waals surface area contributed by atoms with Gasteiger partial charge in [0, 0.05) is 4.47 Å². The third-order valence-corrected chi connectivity index (χ3v) is 2.45. The Labute approximate surface area is 99.5 Å². The SMILES string of the molecule is CC(Oc1cc(Br)cc(F)c1F)C(N)=S. The highest BCUT2D eigenvalue weighted by Gasteiger charge is 2.15. The fourth-order valence-corrected chi connectivity index (χ4v) is 1.32. The van der Waals surface area contributed by atoms with Gasteiger partial charge in [0.25, 0.3) is 0 Å². The Morgan fingerprint density at radius 1 is 1.53 bits per heavy atom. The standard InChI is InChI=1S/C9H8BrF2NOS/c1-4(9(13)15)14-7-3-5(10)2-6(11)8(7)12/h2-4H,1H3,(H2,13,15). The van der Waals surface area contributed by atoms with Gasteiger partial charge in [0.1, 0.15) is 11.1 Å². The van der Waals surface area contributed by atoms with Crippen LogP contribution in [0.1, 0.15) is 6.92 Å². The van der Waals surface area contributed by atoms with Gasteiger partial charge in [-0.2, -0.15) is 4.39 Å². The van der Waals surface area contributed by atoms with E-state index in [-0.39, 0.29) is 10.7 Å². The molecule has 0 aliphatic rings. The van der Waals surface area contributed by atoms with Gasteiger partial charge in [-0.1, -0.05) is 28.1 Å². The summed E-state index contributed by atoms with van der Waals surface area (Å²) in [4.78, 5) is 0.0785. The highest BCUT2D eigenvalue weighted by molar-refractivity contribution is 9.10. The molecule has 6 heteroatoms. The molecule has 0 aliphatic carbocycles. The molecule has 0 bridgehead atoms. The largest absolute Gasteiger partial charge is 0.480 e. The molecule has 1 unspecified atom stereocenters. The molecule has 2 N–H and O–H groups in total. The number of hydrogen-bond donors (Lipinski definition) is 1. The fraction of sp³-hybridized carbons (Fsp3) is 0.222. The Morgan fingerprint density at radius 2 is 2.13 bits per heavy atom. The van der Waals surface area contributed by atoms with Crippen molar-refractivity contribution in [1.82, 2.24) is 0 Å². The Balaban J connectivity index is 2.99. The number of thiocarbonyl (C=S) groups is 1. The van der Waals surface area contributed by atoms with Crippen molar-refractivity contribution in [1.29, 1.82) is 0 Å². The van der Waals surface area contributed by atoms with Gasteiger partial charge in [-0.3, -0.25) is 0 Å². The maximum absolute atomic E-state index is 13.2. The van der Waals surface area contributed by atoms with Crippen molar-refractivity contribution in [2.24, 2.45) is 5.73 Å². The first-order valence-corrected chi connectivity index (χ1v) is 5.22. The molecule has 15 heavy (non-hydrogen) atoms. The summed E-state index contributed by atoms with van der Waals surface area (Å²) in [6.45, 7) is 1.56. The van der Waals surface area contributed by atoms with Gasteiger partial charge in [0.15, 0.2) is 11.6 Å². The number of hydrogen-bond acceptors (Lipinski definition) is 2. The molecule has 0 aliphatic heterocycles. The maximum atomic E-state index is 13.2. The Bertz CT molecular complexity index is 400. The van der Waals surface area contributed by atoms with E-state index >= 15 is 0 Å². The second kappa shape index (κ2) is 4.85. The minimum absolute atomic E-state index is 0.0785. The van der Waals surface area contributed by atoms with E-state index in [0.29, 0.717) is 4.47 Å². The molecule has 0 saturated carbocycles. The predicted molar refractivity (Wildman–Crippen MR) is 60.9 cm³/mol. The van der Waals surface area contributed by atoms with E-state index in [0.717, 1.165) is 6.07 Å². The second-order valence-electron chi connectivity index (χ2n) is 2.86. The van der Waals surface area contributed by atoms with Gasteiger partial charge in [0.05, 0.1) is 0 Å². The lowest BCUT2D eigenvalue weighted by molar-refractivity contribution is 0.269. The van der Waals surface area contributed by atoms with Crippen LogP contribution >= 0.6 is 28.1 Å². The summed E-state index contributed by atoms with van der Waals surface area (Å²) in [6.07, 6.45) is -0.650. The summed E-state index contributed by atoms with van der Waals surface area (Å²) in [5.41, 5.74) is 5.29. The molecule has 1 aromatic carbocycles. The van der Waals surface area contributed by atoms with Crippen LogP contribution < -0.4 is 10.5 Å². The molecule has 2 nitrogen and oxygen atoms in total. The van der Waals surface area contributed by atoms with Crippen LogP contribution in [0, 0.1) is 11.6 Å². The van der Waals surface area contributed by atoms with Crippen molar-refractivity contribution in [3.8, 4) is 5.75 Å². The predicted octanol–water partition coefficient (Wildman–Crippen LogP) is 2.78. The van der Waals surface area contributed by atoms with E-state index in [1.54, 1.807) is 6.92 Å². The van der Waals surface area contributed by atoms with Crippen molar-refractivity contribution in [2.75, 3.05) is 0 Å². The number of halogens is 3. The zero-order valence-electron chi connectivity index (χ0n) is 7.76. The number of nitrogens with two attached hydrogens (primary N) is 1. The lowest BCUT2D eigenvalue weighted by Crippen LogP contribution is -2.29. The molecule has 1 atom stereocenters. The normalized spacial score (nSPS) is 12.3. The van der Waals surface area contributed by atoms with Crippen LogP contribution in [0.3, 0.4) is 0 Å². The summed E-state index contributed by atoms with van der Waals surface area (Å²) in [7, 11) is 0. The summed E-state index contributed by atoms with van der Waals surface area (Å²) in [5.74, 6) is -2.27. The molecule has 0 heterocycles. The monoisotopic (exact) mass is 295 g/mol. The van der Waals surface area contributed by atoms with Gasteiger partial charge in [-0.05, 0) is 19.1 Å². The number of ether oxygens (including phenoxy) is 1. The van der Waals surface area contributed by atoms with Gasteiger partial charge < -0.3 is 10.5 Å². The van der Waals surface area contributed by atoms with Crippen LogP contribution in [-0.4, -0.2) is 11.1 Å². The quantitative estimate of drug-likeness (QED) is 0.688. The van der Waals surface area contributed by atoms with E-state index in [9.17, 15) is 8.78 Å². The van der Waals surface area contributed by atoms with Crippen molar-refractivity contribution in [3.05, 3.63) is 28.2 Å². The van der Waals surface area contributed by atoms with Gasteiger partial charge in [0.2, 0.25) is 5.82 Å². The van der Waals surface area contributed by atoms with Crippen LogP contribution in [0.2, 0.25) is 0 Å². The van der Waals surface area contributed by atoms with Crippen LogP contribution in [0.4, 0.5) is 8.78 Å². The van der Waals surface area contributed by atoms with Crippen LogP contribution in [0.25, 0.3) is 0 Å². The average Bonchev–Trinajstić information content (AvgIpc) is 2.13. The number of benzene rings is 1. The summed E-state index contributed by atoms with van der Waals surface area (Å²) < 4.78 is 31.6. The molecule has 0 amide bonds. The molecular weight excluding hydrogens is 288 g/mol. The molecular formula is C9H8BrF2NOS. The van der Waals surface area contributed by atoms with E-state index in [1.807, 2.05) is 0 Å². The molecule has 0 saturated heterocycles. The molecule has 1 rings (SSSR count). The minimum Gasteiger partial charge on any atom is -0.480 e. The topological polar surface area (TPSA) is 35.2 Å². The van der Waals surface area contributed by atoms with E-state index in [2.05, 4.69) is 28.1 Å². The highest BCUT2D eigenvalue weighted by atomic mass is 79.9. The third-order valence-electron chi connectivity index (χ3n) is 1.66. The van der Waals surface area contributed by atoms with Crippen LogP contribution in [0.15, 0.2) is 16.6 Å². The number of rotatable bonds is 3. The Hall–Kier alpha value is -0.750. The zero-order chi connectivity index (χ0) is 11.6. The second-order valence-corrected chi connectivity index (χ2v) is 4.25. The summed E-state index contributed by atoms with van der Waals surface area (Å²) in [5, 5.41) is 0. The van der Waals surface area contributed by atoms with Crippen molar-refractivity contribution < 1.29 is 13.5 Å². The fourth-order valence-electron chi connectivity index (χ4n) is 0.867. The van der Waals surface area contributed by atoms with Gasteiger partial charge in [-0.25, -0.2) is 4.39 Å². The molecule has 0 radical (unpaired) electrons. The first-order chi connectivity index (χ1) is 6.91. The van der Waals surface area contributed by atoms with Crippen molar-refractivity contribution >= 4 is 33.1 Å². The smallest absolute Gasteiger partial charge is 0.200 e. The molecule has 82 valence electrons. The van der Waals surface area contributed by atoms with E-state index in [4.69, 9.17) is 10.5 Å². The maximum Gasteiger partial charge on any atom is 0.200 e. The average molecular weight is 296 g/mol. The van der Waals surface area contributed by atoms with Crippen LogP contribution in [0.5, 0.6) is 5.75 Å². The lowest BCUT2D eigenvalue weighted by Gasteiger charge is -2.14. The van der Waals surface area contributed by atoms with Gasteiger partial charge in [-0.15, -0.1) is 0 Å². The lowest BCUT2D eigenvalue weighted by atomic mass is 10.3. The van der Waals surface area contributed by atoms with Gasteiger partial charge >= 0.3 is 0 Å². The Kier molecular flexibility index (Phi) is 3.98. The van der Waals surface area contributed by atoms with E-state index in [1.165, 1.54) is 6.07 Å². The minimum atomic E-state index is -1.05. The molecule has 1 aromatic rings. The molecule has 0 aromatic heterocycles. The first-order valence-electron chi connectivity index (χ1n) is 4.02. The molecule has 0 fully saturated rings. The zero-order valence-corrected chi connectivity index (χ0v) is 10.2. The summed E-state index contributed by atoms with van der Waals surface area (Å²) in [6, 6.07) is 2.32.